The van der Waals surface area contributed by atoms with Crippen LogP contribution >= 0.6 is 0 Å². The van der Waals surface area contributed by atoms with E-state index in [9.17, 15) is 0 Å². The summed E-state index contributed by atoms with van der Waals surface area (Å²) in [4.78, 5) is 6.62. The summed E-state index contributed by atoms with van der Waals surface area (Å²) in [5, 5.41) is 4.28. The minimum absolute atomic E-state index is 0. The Morgan fingerprint density at radius 3 is 2.16 bits per heavy atom. The zero-order valence-corrected chi connectivity index (χ0v) is 21.7. The Bertz CT molecular complexity index is 913. The smallest absolute Gasteiger partial charge is 0.0434 e. The first kappa shape index (κ1) is 28.4. The molecule has 4 heteroatoms. The maximum absolute atomic E-state index is 4.69. The Balaban J connectivity index is 0.00000165. The standard InChI is InChI=1S/C23H25N3.C4H7.Pt/c1-8-22(25-19(5)21-12-10-9-11-13-21)26(20(6)24-7)23-17(3)14-16(2)15-18(23)4;1-3-4-2;/h8-12,14-15H,1,5-6H2,2-4,7H3;3H,1-2H3;/q-2;-1;. The summed E-state index contributed by atoms with van der Waals surface area (Å²) in [5.41, 5.74) is 5.91. The van der Waals surface area contributed by atoms with Crippen LogP contribution in [0.2, 0.25) is 0 Å². The van der Waals surface area contributed by atoms with Crippen LogP contribution < -0.4 is 4.90 Å². The maximum Gasteiger partial charge on any atom is 0.0434 e. The van der Waals surface area contributed by atoms with Crippen molar-refractivity contribution in [3.63, 3.8) is 0 Å². The van der Waals surface area contributed by atoms with E-state index in [2.05, 4.69) is 70.1 Å². The minimum Gasteiger partial charge on any atom is -0.504 e. The fraction of sp³-hybridized carbons (Fsp3) is 0.222. The van der Waals surface area contributed by atoms with Crippen LogP contribution in [0.3, 0.4) is 0 Å². The molecule has 0 amide bonds. The van der Waals surface area contributed by atoms with E-state index in [1.165, 1.54) is 5.56 Å². The van der Waals surface area contributed by atoms with Crippen LogP contribution in [0.4, 0.5) is 5.69 Å². The third kappa shape index (κ3) is 8.19. The topological polar surface area (TPSA) is 29.7 Å². The monoisotopic (exact) mass is 593 g/mol. The van der Waals surface area contributed by atoms with E-state index >= 15 is 0 Å². The molecule has 2 aromatic carbocycles. The summed E-state index contributed by atoms with van der Waals surface area (Å²) < 4.78 is 0. The van der Waals surface area contributed by atoms with E-state index in [1.54, 1.807) is 13.1 Å². The molecule has 168 valence electrons. The first-order valence-corrected chi connectivity index (χ1v) is 9.79. The Morgan fingerprint density at radius 2 is 1.74 bits per heavy atom. The van der Waals surface area contributed by atoms with Crippen molar-refractivity contribution in [1.29, 1.82) is 0 Å². The number of benzene rings is 2. The van der Waals surface area contributed by atoms with Gasteiger partial charge in [-0.1, -0.05) is 50.6 Å². The maximum atomic E-state index is 4.69. The molecule has 0 heterocycles. The number of hydrogen-bond donors (Lipinski definition) is 0. The van der Waals surface area contributed by atoms with Crippen molar-refractivity contribution in [2.24, 2.45) is 4.99 Å². The van der Waals surface area contributed by atoms with Gasteiger partial charge in [0, 0.05) is 26.9 Å². The van der Waals surface area contributed by atoms with Crippen molar-refractivity contribution in [3.05, 3.63) is 114 Å². The van der Waals surface area contributed by atoms with E-state index in [4.69, 9.17) is 4.99 Å². The zero-order chi connectivity index (χ0) is 22.7. The van der Waals surface area contributed by atoms with Crippen LogP contribution in [-0.2, 0) is 21.1 Å². The van der Waals surface area contributed by atoms with Crippen molar-refractivity contribution in [3.8, 4) is 0 Å². The summed E-state index contributed by atoms with van der Waals surface area (Å²) in [6.07, 6.45) is 6.38. The van der Waals surface area contributed by atoms with Gasteiger partial charge >= 0.3 is 0 Å². The van der Waals surface area contributed by atoms with Gasteiger partial charge in [0.2, 0.25) is 0 Å². The normalized spacial score (nSPS) is 10.5. The first-order valence-electron chi connectivity index (χ1n) is 9.79. The van der Waals surface area contributed by atoms with Gasteiger partial charge in [0.15, 0.2) is 0 Å². The van der Waals surface area contributed by atoms with Crippen molar-refractivity contribution in [2.75, 3.05) is 11.9 Å². The molecule has 0 unspecified atom stereocenters. The summed E-state index contributed by atoms with van der Waals surface area (Å²) in [6, 6.07) is 15.0. The van der Waals surface area contributed by atoms with E-state index < -0.39 is 0 Å². The van der Waals surface area contributed by atoms with Gasteiger partial charge in [-0.2, -0.15) is 6.92 Å². The third-order valence-corrected chi connectivity index (χ3v) is 4.35. The molecule has 0 fully saturated rings. The predicted molar refractivity (Wildman–Crippen MR) is 133 cm³/mol. The second-order valence-electron chi connectivity index (χ2n) is 6.70. The van der Waals surface area contributed by atoms with Crippen LogP contribution in [0.25, 0.3) is 11.0 Å². The molecule has 0 spiro atoms. The van der Waals surface area contributed by atoms with Crippen LogP contribution in [0.1, 0.15) is 36.1 Å². The average Bonchev–Trinajstić information content (AvgIpc) is 2.74. The fourth-order valence-corrected chi connectivity index (χ4v) is 2.96. The van der Waals surface area contributed by atoms with E-state index in [1.807, 2.05) is 49.1 Å². The number of nitrogens with zero attached hydrogens (tertiary/aromatic N) is 3. The van der Waals surface area contributed by atoms with Gasteiger partial charge in [-0.15, -0.1) is 42.5 Å². The average molecular weight is 594 g/mol. The van der Waals surface area contributed by atoms with Gasteiger partial charge in [0.25, 0.3) is 0 Å². The molecule has 0 aliphatic heterocycles. The van der Waals surface area contributed by atoms with Crippen molar-refractivity contribution in [1.82, 2.24) is 0 Å². The number of allylic oxidation sites excluding steroid dienone is 2. The van der Waals surface area contributed by atoms with Crippen molar-refractivity contribution >= 4 is 17.2 Å². The second-order valence-corrected chi connectivity index (χ2v) is 6.70. The third-order valence-electron chi connectivity index (χ3n) is 4.35. The van der Waals surface area contributed by atoms with Crippen molar-refractivity contribution < 1.29 is 21.1 Å². The predicted octanol–water partition coefficient (Wildman–Crippen LogP) is 7.33. The van der Waals surface area contributed by atoms with Gasteiger partial charge in [-0.3, -0.25) is 6.08 Å². The molecule has 0 atom stereocenters. The Hall–Kier alpha value is -2.64. The van der Waals surface area contributed by atoms with Crippen LogP contribution in [-0.4, -0.2) is 12.9 Å². The van der Waals surface area contributed by atoms with Gasteiger partial charge in [-0.05, 0) is 49.4 Å². The molecule has 0 N–H and O–H groups in total. The number of amidine groups is 1. The number of hydrogen-bond acceptors (Lipinski definition) is 1. The second kappa shape index (κ2) is 14.4. The number of anilines is 1. The Morgan fingerprint density at radius 1 is 1.16 bits per heavy atom. The number of rotatable bonds is 6. The molecular formula is C27H32N3Pt-3. The molecule has 2 rings (SSSR count). The molecule has 0 bridgehead atoms. The fourth-order valence-electron chi connectivity index (χ4n) is 2.96. The SMILES string of the molecule is C=CC(=NC(=C)c1[c-]cccc1)N(C(=C)[N-]C)c1c(C)cc(C)cc1C.C[C-]=CC.[Pt]. The van der Waals surface area contributed by atoms with Gasteiger partial charge in [0.1, 0.15) is 0 Å². The summed E-state index contributed by atoms with van der Waals surface area (Å²) >= 11 is 0. The molecule has 0 saturated heterocycles. The van der Waals surface area contributed by atoms with Gasteiger partial charge < -0.3 is 21.3 Å². The van der Waals surface area contributed by atoms with Gasteiger partial charge in [0.05, 0.1) is 0 Å². The largest absolute Gasteiger partial charge is 0.504 e. The van der Waals surface area contributed by atoms with E-state index in [0.29, 0.717) is 17.4 Å². The van der Waals surface area contributed by atoms with Crippen LogP contribution in [0, 0.1) is 32.9 Å². The first-order chi connectivity index (χ1) is 14.3. The molecule has 0 aliphatic carbocycles. The zero-order valence-electron chi connectivity index (χ0n) is 19.4. The van der Waals surface area contributed by atoms with Gasteiger partial charge in [-0.25, -0.2) is 0 Å². The minimum atomic E-state index is 0. The number of aliphatic imine (C=N–C) groups is 1. The Labute approximate surface area is 203 Å². The van der Waals surface area contributed by atoms with E-state index in [-0.39, 0.29) is 21.1 Å². The van der Waals surface area contributed by atoms with E-state index in [0.717, 1.165) is 22.4 Å². The Kier molecular flexibility index (Phi) is 13.2. The van der Waals surface area contributed by atoms with Crippen LogP contribution in [0.15, 0.2) is 79.1 Å². The quantitative estimate of drug-likeness (QED) is 0.196. The summed E-state index contributed by atoms with van der Waals surface area (Å²) in [5.74, 6) is 1.21. The molecule has 31 heavy (non-hydrogen) atoms. The summed E-state index contributed by atoms with van der Waals surface area (Å²) in [6.45, 7) is 22.2. The number of aryl methyl sites for hydroxylation is 3. The molecular weight excluding hydrogens is 561 g/mol. The molecule has 0 aromatic heterocycles. The molecule has 0 radical (unpaired) electrons. The molecule has 0 aliphatic rings. The molecule has 3 nitrogen and oxygen atoms in total. The van der Waals surface area contributed by atoms with Crippen LogP contribution in [0.5, 0.6) is 0 Å². The molecule has 2 aromatic rings. The summed E-state index contributed by atoms with van der Waals surface area (Å²) in [7, 11) is 1.72. The molecule has 0 saturated carbocycles. The van der Waals surface area contributed by atoms with Crippen molar-refractivity contribution in [2.45, 2.75) is 34.6 Å².